The zero-order valence-corrected chi connectivity index (χ0v) is 13.0. The minimum atomic E-state index is -4.52. The van der Waals surface area contributed by atoms with E-state index in [9.17, 15) is 17.6 Å². The van der Waals surface area contributed by atoms with Crippen molar-refractivity contribution in [2.24, 2.45) is 0 Å². The van der Waals surface area contributed by atoms with Gasteiger partial charge in [0.25, 0.3) is 0 Å². The van der Waals surface area contributed by atoms with Crippen LogP contribution in [-0.2, 0) is 25.8 Å². The molecule has 0 spiro atoms. The summed E-state index contributed by atoms with van der Waals surface area (Å²) in [5.41, 5.74) is 1.64. The summed E-state index contributed by atoms with van der Waals surface area (Å²) < 4.78 is 52.5. The van der Waals surface area contributed by atoms with Gasteiger partial charge in [-0.3, -0.25) is 4.90 Å². The van der Waals surface area contributed by atoms with Gasteiger partial charge in [-0.05, 0) is 35.4 Å². The first-order valence-corrected chi connectivity index (χ1v) is 7.47. The van der Waals surface area contributed by atoms with Gasteiger partial charge >= 0.3 is 6.18 Å². The number of benzene rings is 2. The monoisotopic (exact) mass is 373 g/mol. The fraction of sp³-hybridized carbons (Fsp3) is 0.250. The summed E-state index contributed by atoms with van der Waals surface area (Å²) in [6, 6.07) is 8.67. The summed E-state index contributed by atoms with van der Waals surface area (Å²) >= 11 is 3.40. The average molecular weight is 374 g/mol. The number of alkyl halides is 3. The van der Waals surface area contributed by atoms with Crippen LogP contribution >= 0.6 is 15.9 Å². The van der Waals surface area contributed by atoms with Crippen LogP contribution in [0.15, 0.2) is 40.9 Å². The van der Waals surface area contributed by atoms with E-state index in [0.717, 1.165) is 21.7 Å². The Morgan fingerprint density at radius 1 is 1.00 bits per heavy atom. The smallest absolute Gasteiger partial charge is 0.290 e. The summed E-state index contributed by atoms with van der Waals surface area (Å²) in [6.07, 6.45) is -4.52. The van der Waals surface area contributed by atoms with Crippen LogP contribution in [-0.4, -0.2) is 4.90 Å². The quantitative estimate of drug-likeness (QED) is 0.660. The van der Waals surface area contributed by atoms with Gasteiger partial charge in [0.15, 0.2) is 0 Å². The first kappa shape index (κ1) is 15.5. The minimum absolute atomic E-state index is 0.278. The zero-order chi connectivity index (χ0) is 15.9. The fourth-order valence-corrected chi connectivity index (χ4v) is 3.05. The lowest BCUT2D eigenvalue weighted by Gasteiger charge is -2.16. The molecule has 0 aromatic heterocycles. The highest BCUT2D eigenvalue weighted by Crippen LogP contribution is 2.31. The van der Waals surface area contributed by atoms with E-state index in [4.69, 9.17) is 0 Å². The molecular formula is C16H12BrF4N. The maximum absolute atomic E-state index is 13.9. The molecule has 116 valence electrons. The lowest BCUT2D eigenvalue weighted by atomic mass is 10.1. The SMILES string of the molecule is Fc1cc(C(F)(F)F)ccc1CN1Cc2ccc(Br)cc2C1. The van der Waals surface area contributed by atoms with Gasteiger partial charge in [0.1, 0.15) is 5.82 Å². The third-order valence-corrected chi connectivity index (χ3v) is 4.22. The molecule has 0 amide bonds. The maximum Gasteiger partial charge on any atom is 0.416 e. The predicted molar refractivity (Wildman–Crippen MR) is 78.5 cm³/mol. The number of fused-ring (bicyclic) bond motifs is 1. The summed E-state index contributed by atoms with van der Waals surface area (Å²) in [5.74, 6) is -0.813. The van der Waals surface area contributed by atoms with Crippen molar-refractivity contribution in [1.29, 1.82) is 0 Å². The highest BCUT2D eigenvalue weighted by atomic mass is 79.9. The van der Waals surface area contributed by atoms with Gasteiger partial charge in [0.2, 0.25) is 0 Å². The molecular weight excluding hydrogens is 362 g/mol. The number of hydrogen-bond acceptors (Lipinski definition) is 1. The summed E-state index contributed by atoms with van der Waals surface area (Å²) in [5, 5.41) is 0. The highest BCUT2D eigenvalue weighted by molar-refractivity contribution is 9.10. The van der Waals surface area contributed by atoms with Crippen LogP contribution in [0.2, 0.25) is 0 Å². The van der Waals surface area contributed by atoms with Gasteiger partial charge in [-0.25, -0.2) is 4.39 Å². The van der Waals surface area contributed by atoms with Crippen molar-refractivity contribution in [2.45, 2.75) is 25.8 Å². The third kappa shape index (κ3) is 3.17. The van der Waals surface area contributed by atoms with Crippen molar-refractivity contribution in [1.82, 2.24) is 4.90 Å². The molecule has 3 rings (SSSR count). The zero-order valence-electron chi connectivity index (χ0n) is 11.4. The molecule has 2 aromatic rings. The second-order valence-electron chi connectivity index (χ2n) is 5.36. The van der Waals surface area contributed by atoms with Crippen LogP contribution in [0.25, 0.3) is 0 Å². The average Bonchev–Trinajstić information content (AvgIpc) is 2.81. The van der Waals surface area contributed by atoms with Crippen molar-refractivity contribution in [3.63, 3.8) is 0 Å². The molecule has 1 aliphatic heterocycles. The molecule has 0 saturated heterocycles. The van der Waals surface area contributed by atoms with E-state index in [1.54, 1.807) is 0 Å². The van der Waals surface area contributed by atoms with E-state index >= 15 is 0 Å². The molecule has 0 aliphatic carbocycles. The van der Waals surface area contributed by atoms with Crippen LogP contribution in [0.1, 0.15) is 22.3 Å². The first-order chi connectivity index (χ1) is 10.3. The van der Waals surface area contributed by atoms with Crippen LogP contribution in [0.5, 0.6) is 0 Å². The number of nitrogens with zero attached hydrogens (tertiary/aromatic N) is 1. The number of hydrogen-bond donors (Lipinski definition) is 0. The molecule has 0 unspecified atom stereocenters. The van der Waals surface area contributed by atoms with Crippen LogP contribution in [0, 0.1) is 5.82 Å². The Balaban J connectivity index is 1.75. The molecule has 2 aromatic carbocycles. The Labute approximate surface area is 133 Å². The Morgan fingerprint density at radius 3 is 2.41 bits per heavy atom. The topological polar surface area (TPSA) is 3.24 Å². The van der Waals surface area contributed by atoms with Gasteiger partial charge in [-0.1, -0.05) is 28.1 Å². The predicted octanol–water partition coefficient (Wildman–Crippen LogP) is 5.12. The normalized spacial score (nSPS) is 15.1. The van der Waals surface area contributed by atoms with Crippen LogP contribution in [0.3, 0.4) is 0 Å². The van der Waals surface area contributed by atoms with Gasteiger partial charge < -0.3 is 0 Å². The lowest BCUT2D eigenvalue weighted by Crippen LogP contribution is -2.17. The van der Waals surface area contributed by atoms with Gasteiger partial charge in [-0.2, -0.15) is 13.2 Å². The highest BCUT2D eigenvalue weighted by Gasteiger charge is 2.31. The lowest BCUT2D eigenvalue weighted by molar-refractivity contribution is -0.137. The van der Waals surface area contributed by atoms with Gasteiger partial charge in [-0.15, -0.1) is 0 Å². The second-order valence-corrected chi connectivity index (χ2v) is 6.28. The minimum Gasteiger partial charge on any atom is -0.290 e. The van der Waals surface area contributed by atoms with Gasteiger partial charge in [0.05, 0.1) is 5.56 Å². The van der Waals surface area contributed by atoms with Crippen molar-refractivity contribution in [2.75, 3.05) is 0 Å². The standard InChI is InChI=1S/C16H12BrF4N/c17-14-4-2-10-7-22(9-12(10)5-14)8-11-1-3-13(6-15(11)18)16(19,20)21/h1-6H,7-9H2. The third-order valence-electron chi connectivity index (χ3n) is 3.73. The number of halogens is 5. The first-order valence-electron chi connectivity index (χ1n) is 6.68. The molecule has 0 radical (unpaired) electrons. The Kier molecular flexibility index (Phi) is 3.99. The molecule has 22 heavy (non-hydrogen) atoms. The maximum atomic E-state index is 13.9. The van der Waals surface area contributed by atoms with Crippen molar-refractivity contribution in [3.8, 4) is 0 Å². The second kappa shape index (κ2) is 5.66. The fourth-order valence-electron chi connectivity index (χ4n) is 2.64. The molecule has 0 saturated carbocycles. The van der Waals surface area contributed by atoms with Gasteiger partial charge in [0, 0.05) is 29.7 Å². The largest absolute Gasteiger partial charge is 0.416 e. The Morgan fingerprint density at radius 2 is 1.73 bits per heavy atom. The van der Waals surface area contributed by atoms with Crippen molar-refractivity contribution in [3.05, 3.63) is 68.9 Å². The number of rotatable bonds is 2. The van der Waals surface area contributed by atoms with E-state index in [0.29, 0.717) is 19.2 Å². The van der Waals surface area contributed by atoms with E-state index in [1.165, 1.54) is 6.07 Å². The molecule has 1 nitrogen and oxygen atoms in total. The molecule has 6 heteroatoms. The van der Waals surface area contributed by atoms with Crippen LogP contribution in [0.4, 0.5) is 17.6 Å². The molecule has 1 aliphatic rings. The molecule has 0 atom stereocenters. The molecule has 1 heterocycles. The summed E-state index contributed by atoms with van der Waals surface area (Å²) in [4.78, 5) is 2.00. The Hall–Kier alpha value is -1.40. The molecule has 0 N–H and O–H groups in total. The summed E-state index contributed by atoms with van der Waals surface area (Å²) in [6.45, 7) is 1.62. The van der Waals surface area contributed by atoms with E-state index < -0.39 is 17.6 Å². The Bertz CT molecular complexity index is 712. The van der Waals surface area contributed by atoms with Crippen molar-refractivity contribution >= 4 is 15.9 Å². The van der Waals surface area contributed by atoms with E-state index in [1.807, 2.05) is 23.1 Å². The summed E-state index contributed by atoms with van der Waals surface area (Å²) in [7, 11) is 0. The van der Waals surface area contributed by atoms with Crippen LogP contribution < -0.4 is 0 Å². The molecule has 0 fully saturated rings. The van der Waals surface area contributed by atoms with E-state index in [-0.39, 0.29) is 12.1 Å². The van der Waals surface area contributed by atoms with E-state index in [2.05, 4.69) is 15.9 Å². The van der Waals surface area contributed by atoms with Crippen molar-refractivity contribution < 1.29 is 17.6 Å². The molecule has 0 bridgehead atoms.